The van der Waals surface area contributed by atoms with Gasteiger partial charge in [-0.1, -0.05) is 135 Å². The van der Waals surface area contributed by atoms with E-state index in [1.165, 1.54) is 87.5 Å². The number of hydrogen-bond donors (Lipinski definition) is 0. The van der Waals surface area contributed by atoms with Gasteiger partial charge in [-0.3, -0.25) is 0 Å². The third kappa shape index (κ3) is 3.62. The van der Waals surface area contributed by atoms with E-state index < -0.39 is 0 Å². The molecule has 1 nitrogen and oxygen atoms in total. The van der Waals surface area contributed by atoms with Crippen LogP contribution in [0.4, 0.5) is 0 Å². The molecular formula is C46H33N. The molecule has 0 N–H and O–H groups in total. The lowest BCUT2D eigenvalue weighted by atomic mass is 9.81. The standard InChI is InChI=1S/C46H33N/c1-46(2)37-23-13-22-35-33-19-6-7-20-34(33)36-21-9-11-25-40-43(36)45-41(27-26-38(46)44(45)42(35)37)47(40)39-24-10-8-18-32(39)31-17-12-16-30(28-31)29-14-4-3-5-15-29/h3-8,10,13-16,18-24,26-28H,9,12,17H2,1-2H3. The Balaban J connectivity index is 1.39. The maximum Gasteiger partial charge on any atom is 0.106 e. The van der Waals surface area contributed by atoms with Crippen molar-refractivity contribution in [1.29, 1.82) is 0 Å². The Kier molecular flexibility index (Phi) is 5.50. The van der Waals surface area contributed by atoms with Crippen molar-refractivity contribution < 1.29 is 0 Å². The summed E-state index contributed by atoms with van der Waals surface area (Å²) in [5.74, 6) is 7.28. The lowest BCUT2D eigenvalue weighted by molar-refractivity contribution is 0.663. The highest BCUT2D eigenvalue weighted by molar-refractivity contribution is 6.28. The molecule has 1 aromatic heterocycles. The normalized spacial score (nSPS) is 15.8. The highest BCUT2D eigenvalue weighted by atomic mass is 15.0. The maximum atomic E-state index is 3.73. The lowest BCUT2D eigenvalue weighted by Gasteiger charge is -2.22. The topological polar surface area (TPSA) is 4.93 Å². The highest BCUT2D eigenvalue weighted by Crippen LogP contribution is 2.51. The molecule has 47 heavy (non-hydrogen) atoms. The third-order valence-electron chi connectivity index (χ3n) is 10.9. The maximum absolute atomic E-state index is 3.73. The molecule has 7 aromatic rings. The molecule has 0 saturated heterocycles. The van der Waals surface area contributed by atoms with Gasteiger partial charge in [0.1, 0.15) is 5.69 Å². The van der Waals surface area contributed by atoms with E-state index in [1.807, 2.05) is 0 Å². The molecule has 3 aliphatic rings. The molecule has 0 saturated carbocycles. The van der Waals surface area contributed by atoms with E-state index in [-0.39, 0.29) is 5.41 Å². The second kappa shape index (κ2) is 9.71. The van der Waals surface area contributed by atoms with Gasteiger partial charge in [-0.25, -0.2) is 0 Å². The molecule has 0 fully saturated rings. The average molecular weight is 600 g/mol. The molecule has 0 bridgehead atoms. The first-order chi connectivity index (χ1) is 23.1. The summed E-state index contributed by atoms with van der Waals surface area (Å²) in [6, 6.07) is 40.5. The first-order valence-corrected chi connectivity index (χ1v) is 16.8. The van der Waals surface area contributed by atoms with Crippen LogP contribution in [0.15, 0.2) is 121 Å². The van der Waals surface area contributed by atoms with Crippen LogP contribution in [0.2, 0.25) is 0 Å². The SMILES string of the molecule is CC1(C)c2cccc3c4ccccc4c4c5c(n(-c6ccccc6C6=CC(c7ccccc7)=CCC6)c6ccc1c(c23)c56)C#CCC=4. The van der Waals surface area contributed by atoms with Crippen LogP contribution in [0.3, 0.4) is 0 Å². The molecule has 3 aliphatic carbocycles. The van der Waals surface area contributed by atoms with Crippen LogP contribution < -0.4 is 5.22 Å². The van der Waals surface area contributed by atoms with Crippen LogP contribution in [0.1, 0.15) is 61.1 Å². The summed E-state index contributed by atoms with van der Waals surface area (Å²) in [5, 5.41) is 10.6. The first kappa shape index (κ1) is 26.6. The minimum absolute atomic E-state index is 0.103. The molecule has 0 radical (unpaired) electrons. The summed E-state index contributed by atoms with van der Waals surface area (Å²) in [4.78, 5) is 0. The van der Waals surface area contributed by atoms with Crippen molar-refractivity contribution in [3.05, 3.63) is 155 Å². The number of allylic oxidation sites excluding steroid dienone is 4. The van der Waals surface area contributed by atoms with Crippen LogP contribution in [0.5, 0.6) is 0 Å². The fourth-order valence-electron chi connectivity index (χ4n) is 8.78. The Morgan fingerprint density at radius 3 is 2.30 bits per heavy atom. The van der Waals surface area contributed by atoms with Gasteiger partial charge in [0.2, 0.25) is 0 Å². The van der Waals surface area contributed by atoms with Gasteiger partial charge in [-0.2, -0.15) is 0 Å². The number of benzene rings is 5. The predicted octanol–water partition coefficient (Wildman–Crippen LogP) is 10.8. The average Bonchev–Trinajstić information content (AvgIpc) is 3.45. The number of hydrogen-bond acceptors (Lipinski definition) is 0. The largest absolute Gasteiger partial charge is 0.301 e. The van der Waals surface area contributed by atoms with Crippen molar-refractivity contribution in [2.75, 3.05) is 0 Å². The molecule has 0 aliphatic heterocycles. The van der Waals surface area contributed by atoms with Gasteiger partial charge in [0.25, 0.3) is 0 Å². The van der Waals surface area contributed by atoms with Gasteiger partial charge in [-0.15, -0.1) is 0 Å². The van der Waals surface area contributed by atoms with Crippen molar-refractivity contribution in [2.24, 2.45) is 0 Å². The zero-order chi connectivity index (χ0) is 31.3. The molecule has 0 atom stereocenters. The van der Waals surface area contributed by atoms with E-state index >= 15 is 0 Å². The molecule has 6 aromatic carbocycles. The molecule has 0 spiro atoms. The first-order valence-electron chi connectivity index (χ1n) is 16.8. The van der Waals surface area contributed by atoms with Crippen molar-refractivity contribution >= 4 is 60.4 Å². The second-order valence-electron chi connectivity index (χ2n) is 13.7. The summed E-state index contributed by atoms with van der Waals surface area (Å²) in [7, 11) is 0. The Hall–Kier alpha value is -5.58. The molecule has 10 rings (SSSR count). The Morgan fingerprint density at radius 2 is 1.40 bits per heavy atom. The lowest BCUT2D eigenvalue weighted by Crippen LogP contribution is -2.15. The summed E-state index contributed by atoms with van der Waals surface area (Å²) in [6.45, 7) is 4.79. The van der Waals surface area contributed by atoms with E-state index in [0.29, 0.717) is 0 Å². The fourth-order valence-corrected chi connectivity index (χ4v) is 8.78. The summed E-state index contributed by atoms with van der Waals surface area (Å²) < 4.78 is 2.50. The van der Waals surface area contributed by atoms with Gasteiger partial charge < -0.3 is 4.57 Å². The molecule has 0 unspecified atom stereocenters. The van der Waals surface area contributed by atoms with Crippen LogP contribution in [0, 0.1) is 11.8 Å². The van der Waals surface area contributed by atoms with Crippen LogP contribution >= 0.6 is 0 Å². The summed E-state index contributed by atoms with van der Waals surface area (Å²) in [5.41, 5.74) is 11.5. The number of aromatic nitrogens is 1. The van der Waals surface area contributed by atoms with Crippen LogP contribution in [0.25, 0.3) is 66.1 Å². The van der Waals surface area contributed by atoms with Crippen molar-refractivity contribution in [1.82, 2.24) is 4.57 Å². The Labute approximate surface area is 274 Å². The van der Waals surface area contributed by atoms with E-state index in [0.717, 1.165) is 25.0 Å². The third-order valence-corrected chi connectivity index (χ3v) is 10.9. The minimum Gasteiger partial charge on any atom is -0.301 e. The zero-order valence-corrected chi connectivity index (χ0v) is 26.7. The summed E-state index contributed by atoms with van der Waals surface area (Å²) >= 11 is 0. The smallest absolute Gasteiger partial charge is 0.106 e. The monoisotopic (exact) mass is 599 g/mol. The van der Waals surface area contributed by atoms with E-state index in [2.05, 4.69) is 158 Å². The fraction of sp³-hybridized carbons (Fsp3) is 0.130. The van der Waals surface area contributed by atoms with E-state index in [4.69, 9.17) is 0 Å². The van der Waals surface area contributed by atoms with Crippen molar-refractivity contribution in [3.63, 3.8) is 0 Å². The molecular weight excluding hydrogens is 567 g/mol. The van der Waals surface area contributed by atoms with E-state index in [1.54, 1.807) is 0 Å². The van der Waals surface area contributed by atoms with Crippen LogP contribution in [-0.2, 0) is 5.41 Å². The van der Waals surface area contributed by atoms with Gasteiger partial charge in [0.05, 0.1) is 11.2 Å². The predicted molar refractivity (Wildman–Crippen MR) is 200 cm³/mol. The van der Waals surface area contributed by atoms with Gasteiger partial charge in [0.15, 0.2) is 0 Å². The molecule has 222 valence electrons. The van der Waals surface area contributed by atoms with E-state index in [9.17, 15) is 0 Å². The second-order valence-corrected chi connectivity index (χ2v) is 13.7. The number of fused-ring (bicyclic) bond motifs is 3. The number of rotatable bonds is 3. The zero-order valence-electron chi connectivity index (χ0n) is 26.7. The van der Waals surface area contributed by atoms with Crippen molar-refractivity contribution in [2.45, 2.75) is 38.5 Å². The van der Waals surface area contributed by atoms with Crippen molar-refractivity contribution in [3.8, 4) is 17.5 Å². The number of para-hydroxylation sites is 1. The number of nitrogens with zero attached hydrogens (tertiary/aromatic N) is 1. The Bertz CT molecular complexity index is 2720. The molecule has 1 heterocycles. The quantitative estimate of drug-likeness (QED) is 0.178. The Morgan fingerprint density at radius 1 is 0.638 bits per heavy atom. The van der Waals surface area contributed by atoms with Crippen LogP contribution in [-0.4, -0.2) is 4.57 Å². The van der Waals surface area contributed by atoms with Gasteiger partial charge in [0, 0.05) is 28.2 Å². The minimum atomic E-state index is -0.103. The van der Waals surface area contributed by atoms with Gasteiger partial charge in [-0.05, 0) is 90.9 Å². The molecule has 0 amide bonds. The highest BCUT2D eigenvalue weighted by Gasteiger charge is 2.36. The van der Waals surface area contributed by atoms with Gasteiger partial charge >= 0.3 is 0 Å². The molecule has 1 heteroatoms. The summed E-state index contributed by atoms with van der Waals surface area (Å²) in [6.07, 6.45) is 9.94.